The second-order valence-electron chi connectivity index (χ2n) is 4.62. The van der Waals surface area contributed by atoms with Gasteiger partial charge in [-0.2, -0.15) is 4.57 Å². The Morgan fingerprint density at radius 1 is 1.11 bits per heavy atom. The number of aryl methyl sites for hydroxylation is 1. The zero-order chi connectivity index (χ0) is 13.2. The maximum absolute atomic E-state index is 12.1. The van der Waals surface area contributed by atoms with Crippen molar-refractivity contribution in [1.82, 2.24) is 0 Å². The van der Waals surface area contributed by atoms with E-state index in [1.165, 1.54) is 0 Å². The third-order valence-electron chi connectivity index (χ3n) is 3.05. The first kappa shape index (κ1) is 11.7. The molecule has 2 heterocycles. The summed E-state index contributed by atoms with van der Waals surface area (Å²) in [6.45, 7) is 2.52. The lowest BCUT2D eigenvalue weighted by atomic mass is 10.1. The molecule has 3 rings (SSSR count). The van der Waals surface area contributed by atoms with Crippen LogP contribution in [-0.4, -0.2) is 0 Å². The largest absolute Gasteiger partial charge is 0.454 e. The fourth-order valence-electron chi connectivity index (χ4n) is 2.12. The Morgan fingerprint density at radius 3 is 2.68 bits per heavy atom. The van der Waals surface area contributed by atoms with Crippen LogP contribution in [0.3, 0.4) is 0 Å². The molecule has 94 valence electrons. The lowest BCUT2D eigenvalue weighted by molar-refractivity contribution is -0.690. The van der Waals surface area contributed by atoms with Crippen LogP contribution in [0.2, 0.25) is 0 Å². The lowest BCUT2D eigenvalue weighted by Crippen LogP contribution is -2.33. The van der Waals surface area contributed by atoms with Crippen molar-refractivity contribution in [3.63, 3.8) is 0 Å². The average Bonchev–Trinajstić information content (AvgIpc) is 2.41. The standard InChI is InChI=1S/C16H14NO2/c1-12-5-6-16-14(9-12)15(18)10-13(19-16)11-17-7-3-2-4-8-17/h2-10H,11H2,1H3/q+1. The summed E-state index contributed by atoms with van der Waals surface area (Å²) in [5, 5.41) is 0.641. The van der Waals surface area contributed by atoms with Crippen molar-refractivity contribution in [3.05, 3.63) is 76.4 Å². The van der Waals surface area contributed by atoms with Crippen LogP contribution in [0.5, 0.6) is 0 Å². The van der Waals surface area contributed by atoms with Crippen LogP contribution in [0.15, 0.2) is 64.1 Å². The Morgan fingerprint density at radius 2 is 1.89 bits per heavy atom. The summed E-state index contributed by atoms with van der Waals surface area (Å²) in [4.78, 5) is 12.1. The van der Waals surface area contributed by atoms with Crippen molar-refractivity contribution in [2.45, 2.75) is 13.5 Å². The van der Waals surface area contributed by atoms with E-state index < -0.39 is 0 Å². The summed E-state index contributed by atoms with van der Waals surface area (Å²) in [7, 11) is 0. The molecule has 0 aliphatic rings. The topological polar surface area (TPSA) is 34.1 Å². The molecule has 0 N–H and O–H groups in total. The van der Waals surface area contributed by atoms with Crippen LogP contribution in [0, 0.1) is 6.92 Å². The Hall–Kier alpha value is -2.42. The van der Waals surface area contributed by atoms with E-state index in [2.05, 4.69) is 0 Å². The molecule has 0 amide bonds. The number of hydrogen-bond donors (Lipinski definition) is 0. The number of aromatic nitrogens is 1. The van der Waals surface area contributed by atoms with Crippen molar-refractivity contribution in [2.24, 2.45) is 0 Å². The molecular weight excluding hydrogens is 238 g/mol. The van der Waals surface area contributed by atoms with Gasteiger partial charge in [0.05, 0.1) is 5.39 Å². The SMILES string of the molecule is Cc1ccc2oc(C[n+]3ccccc3)cc(=O)c2c1. The van der Waals surface area contributed by atoms with E-state index >= 15 is 0 Å². The van der Waals surface area contributed by atoms with Gasteiger partial charge in [0, 0.05) is 18.2 Å². The van der Waals surface area contributed by atoms with E-state index in [1.807, 2.05) is 60.3 Å². The summed E-state index contributed by atoms with van der Waals surface area (Å²) in [6.07, 6.45) is 3.89. The van der Waals surface area contributed by atoms with Gasteiger partial charge < -0.3 is 4.42 Å². The second kappa shape index (κ2) is 4.69. The van der Waals surface area contributed by atoms with E-state index in [-0.39, 0.29) is 5.43 Å². The molecule has 3 nitrogen and oxygen atoms in total. The zero-order valence-electron chi connectivity index (χ0n) is 10.7. The molecule has 0 unspecified atom stereocenters. The summed E-state index contributed by atoms with van der Waals surface area (Å²) >= 11 is 0. The number of rotatable bonds is 2. The van der Waals surface area contributed by atoms with Gasteiger partial charge >= 0.3 is 0 Å². The van der Waals surface area contributed by atoms with Gasteiger partial charge in [0.1, 0.15) is 5.58 Å². The van der Waals surface area contributed by atoms with Crippen molar-refractivity contribution < 1.29 is 8.98 Å². The average molecular weight is 252 g/mol. The van der Waals surface area contributed by atoms with Crippen LogP contribution in [0.4, 0.5) is 0 Å². The molecule has 3 heteroatoms. The monoisotopic (exact) mass is 252 g/mol. The van der Waals surface area contributed by atoms with Crippen LogP contribution >= 0.6 is 0 Å². The van der Waals surface area contributed by atoms with Crippen LogP contribution < -0.4 is 10.00 Å². The van der Waals surface area contributed by atoms with Gasteiger partial charge in [-0.3, -0.25) is 4.79 Å². The molecule has 0 aliphatic heterocycles. The molecule has 0 saturated heterocycles. The summed E-state index contributed by atoms with van der Waals surface area (Å²) in [6, 6.07) is 13.1. The number of nitrogens with zero attached hydrogens (tertiary/aromatic N) is 1. The molecule has 0 fully saturated rings. The van der Waals surface area contributed by atoms with Crippen LogP contribution in [0.25, 0.3) is 11.0 Å². The van der Waals surface area contributed by atoms with E-state index in [9.17, 15) is 4.79 Å². The molecule has 0 atom stereocenters. The number of fused-ring (bicyclic) bond motifs is 1. The summed E-state index contributed by atoms with van der Waals surface area (Å²) < 4.78 is 7.75. The Balaban J connectivity index is 2.07. The summed E-state index contributed by atoms with van der Waals surface area (Å²) in [5.41, 5.74) is 1.71. The van der Waals surface area contributed by atoms with Crippen molar-refractivity contribution in [2.75, 3.05) is 0 Å². The molecule has 0 bridgehead atoms. The maximum Gasteiger partial charge on any atom is 0.205 e. The van der Waals surface area contributed by atoms with Crippen LogP contribution in [-0.2, 0) is 6.54 Å². The quantitative estimate of drug-likeness (QED) is 0.656. The fourth-order valence-corrected chi connectivity index (χ4v) is 2.12. The van der Waals surface area contributed by atoms with Crippen molar-refractivity contribution in [3.8, 4) is 0 Å². The molecular formula is C16H14NO2+. The minimum atomic E-state index is 0.0106. The van der Waals surface area contributed by atoms with Gasteiger partial charge in [0.25, 0.3) is 0 Å². The van der Waals surface area contributed by atoms with Crippen molar-refractivity contribution in [1.29, 1.82) is 0 Å². The number of hydrogen-bond acceptors (Lipinski definition) is 2. The smallest absolute Gasteiger partial charge is 0.205 e. The van der Waals surface area contributed by atoms with Gasteiger partial charge in [-0.15, -0.1) is 0 Å². The van der Waals surface area contributed by atoms with Crippen molar-refractivity contribution >= 4 is 11.0 Å². The molecule has 0 aliphatic carbocycles. The van der Waals surface area contributed by atoms with Gasteiger partial charge in [0.15, 0.2) is 23.6 Å². The van der Waals surface area contributed by atoms with E-state index in [0.717, 1.165) is 5.56 Å². The molecule has 2 aromatic heterocycles. The predicted molar refractivity (Wildman–Crippen MR) is 73.0 cm³/mol. The molecule has 0 radical (unpaired) electrons. The van der Waals surface area contributed by atoms with E-state index in [1.54, 1.807) is 6.07 Å². The highest BCUT2D eigenvalue weighted by Crippen LogP contribution is 2.13. The highest BCUT2D eigenvalue weighted by atomic mass is 16.3. The normalized spacial score (nSPS) is 10.8. The Bertz CT molecular complexity index is 776. The third-order valence-corrected chi connectivity index (χ3v) is 3.05. The van der Waals surface area contributed by atoms with E-state index in [4.69, 9.17) is 4.42 Å². The molecule has 19 heavy (non-hydrogen) atoms. The van der Waals surface area contributed by atoms with Crippen LogP contribution in [0.1, 0.15) is 11.3 Å². The molecule has 1 aromatic carbocycles. The van der Waals surface area contributed by atoms with E-state index in [0.29, 0.717) is 23.3 Å². The zero-order valence-corrected chi connectivity index (χ0v) is 10.7. The number of pyridine rings is 1. The van der Waals surface area contributed by atoms with Gasteiger partial charge in [-0.1, -0.05) is 17.7 Å². The lowest BCUT2D eigenvalue weighted by Gasteiger charge is -2.01. The minimum Gasteiger partial charge on any atom is -0.454 e. The first-order valence-electron chi connectivity index (χ1n) is 6.20. The Labute approximate surface area is 110 Å². The molecule has 3 aromatic rings. The predicted octanol–water partition coefficient (Wildman–Crippen LogP) is 2.44. The minimum absolute atomic E-state index is 0.0106. The van der Waals surface area contributed by atoms with Gasteiger partial charge in [-0.25, -0.2) is 0 Å². The number of benzene rings is 1. The van der Waals surface area contributed by atoms with Gasteiger partial charge in [0.2, 0.25) is 6.54 Å². The fraction of sp³-hybridized carbons (Fsp3) is 0.125. The first-order valence-corrected chi connectivity index (χ1v) is 6.20. The molecule has 0 spiro atoms. The maximum atomic E-state index is 12.1. The summed E-state index contributed by atoms with van der Waals surface area (Å²) in [5.74, 6) is 0.664. The third kappa shape index (κ3) is 2.40. The second-order valence-corrected chi connectivity index (χ2v) is 4.62. The Kier molecular flexibility index (Phi) is 2.88. The highest BCUT2D eigenvalue weighted by Gasteiger charge is 2.08. The first-order chi connectivity index (χ1) is 9.22. The van der Waals surface area contributed by atoms with Gasteiger partial charge in [-0.05, 0) is 19.1 Å². The molecule has 0 saturated carbocycles. The highest BCUT2D eigenvalue weighted by molar-refractivity contribution is 5.77.